The molecule has 2 aromatic rings. The highest BCUT2D eigenvalue weighted by molar-refractivity contribution is 5.92. The highest BCUT2D eigenvalue weighted by atomic mass is 16.2. The maximum Gasteiger partial charge on any atom is 0.274 e. The molecule has 23 heavy (non-hydrogen) atoms. The average molecular weight is 314 g/mol. The summed E-state index contributed by atoms with van der Waals surface area (Å²) < 4.78 is 1.65. The SMILES string of the molecule is CN(C)Cc1cncc(C2CCCN2C(=O)c2ccn(C)n2)n1. The van der Waals surface area contributed by atoms with Crippen LogP contribution in [0.15, 0.2) is 24.7 Å². The van der Waals surface area contributed by atoms with Gasteiger partial charge in [0.1, 0.15) is 5.69 Å². The van der Waals surface area contributed by atoms with Crippen molar-refractivity contribution in [2.45, 2.75) is 25.4 Å². The lowest BCUT2D eigenvalue weighted by Crippen LogP contribution is -2.31. The molecule has 1 saturated heterocycles. The zero-order valence-electron chi connectivity index (χ0n) is 13.8. The van der Waals surface area contributed by atoms with E-state index in [0.717, 1.165) is 37.3 Å². The number of aryl methyl sites for hydroxylation is 1. The maximum absolute atomic E-state index is 12.7. The van der Waals surface area contributed by atoms with Gasteiger partial charge < -0.3 is 9.80 Å². The number of hydrogen-bond donors (Lipinski definition) is 0. The van der Waals surface area contributed by atoms with E-state index >= 15 is 0 Å². The fraction of sp³-hybridized carbons (Fsp3) is 0.500. The Balaban J connectivity index is 1.82. The fourth-order valence-electron chi connectivity index (χ4n) is 2.98. The Kier molecular flexibility index (Phi) is 4.38. The summed E-state index contributed by atoms with van der Waals surface area (Å²) in [6, 6.07) is 1.74. The van der Waals surface area contributed by atoms with Crippen LogP contribution in [0.5, 0.6) is 0 Å². The van der Waals surface area contributed by atoms with Gasteiger partial charge in [-0.25, -0.2) is 0 Å². The minimum Gasteiger partial charge on any atom is -0.329 e. The first-order valence-corrected chi connectivity index (χ1v) is 7.81. The number of amides is 1. The highest BCUT2D eigenvalue weighted by Gasteiger charge is 2.32. The van der Waals surface area contributed by atoms with Crippen molar-refractivity contribution < 1.29 is 4.79 Å². The summed E-state index contributed by atoms with van der Waals surface area (Å²) in [5, 5.41) is 4.22. The molecule has 1 aliphatic rings. The lowest BCUT2D eigenvalue weighted by atomic mass is 10.1. The van der Waals surface area contributed by atoms with Crippen molar-refractivity contribution in [2.24, 2.45) is 7.05 Å². The second-order valence-electron chi connectivity index (χ2n) is 6.20. The van der Waals surface area contributed by atoms with E-state index in [9.17, 15) is 4.79 Å². The van der Waals surface area contributed by atoms with Crippen molar-refractivity contribution in [3.63, 3.8) is 0 Å². The van der Waals surface area contributed by atoms with Crippen LogP contribution in [0.2, 0.25) is 0 Å². The molecule has 0 saturated carbocycles. The Morgan fingerprint density at radius 3 is 2.91 bits per heavy atom. The fourth-order valence-corrected chi connectivity index (χ4v) is 2.98. The van der Waals surface area contributed by atoms with Gasteiger partial charge in [-0.1, -0.05) is 0 Å². The standard InChI is InChI=1S/C16H22N6O/c1-20(2)11-12-9-17-10-14(18-12)15-5-4-7-22(15)16(23)13-6-8-21(3)19-13/h6,8-10,15H,4-5,7,11H2,1-3H3. The Morgan fingerprint density at radius 2 is 2.22 bits per heavy atom. The highest BCUT2D eigenvalue weighted by Crippen LogP contribution is 2.31. The predicted molar refractivity (Wildman–Crippen MR) is 85.6 cm³/mol. The van der Waals surface area contributed by atoms with Crippen LogP contribution in [0.25, 0.3) is 0 Å². The van der Waals surface area contributed by atoms with Crippen LogP contribution in [0.3, 0.4) is 0 Å². The van der Waals surface area contributed by atoms with E-state index in [4.69, 9.17) is 4.98 Å². The normalized spacial score (nSPS) is 17.9. The first-order chi connectivity index (χ1) is 11.0. The second-order valence-corrected chi connectivity index (χ2v) is 6.20. The lowest BCUT2D eigenvalue weighted by Gasteiger charge is -2.23. The molecule has 1 aliphatic heterocycles. The lowest BCUT2D eigenvalue weighted by molar-refractivity contribution is 0.0725. The largest absolute Gasteiger partial charge is 0.329 e. The number of rotatable bonds is 4. The predicted octanol–water partition coefficient (Wildman–Crippen LogP) is 1.25. The molecule has 1 amide bonds. The monoisotopic (exact) mass is 314 g/mol. The summed E-state index contributed by atoms with van der Waals surface area (Å²) in [5.41, 5.74) is 2.27. The summed E-state index contributed by atoms with van der Waals surface area (Å²) in [4.78, 5) is 25.6. The molecule has 3 heterocycles. The molecule has 2 aromatic heterocycles. The first-order valence-electron chi connectivity index (χ1n) is 7.81. The van der Waals surface area contributed by atoms with Gasteiger partial charge in [0.05, 0.1) is 23.6 Å². The van der Waals surface area contributed by atoms with E-state index in [2.05, 4.69) is 15.0 Å². The third-order valence-electron chi connectivity index (χ3n) is 3.97. The van der Waals surface area contributed by atoms with Gasteiger partial charge in [0.25, 0.3) is 5.91 Å². The molecule has 1 atom stereocenters. The third kappa shape index (κ3) is 3.39. The van der Waals surface area contributed by atoms with Crippen LogP contribution in [0, 0.1) is 0 Å². The number of nitrogens with zero attached hydrogens (tertiary/aromatic N) is 6. The molecule has 7 nitrogen and oxygen atoms in total. The molecule has 3 rings (SSSR count). The van der Waals surface area contributed by atoms with Crippen molar-refractivity contribution in [1.82, 2.24) is 29.5 Å². The Labute approximate surface area is 135 Å². The molecule has 122 valence electrons. The van der Waals surface area contributed by atoms with Crippen molar-refractivity contribution >= 4 is 5.91 Å². The quantitative estimate of drug-likeness (QED) is 0.849. The summed E-state index contributed by atoms with van der Waals surface area (Å²) >= 11 is 0. The van der Waals surface area contributed by atoms with E-state index in [-0.39, 0.29) is 11.9 Å². The van der Waals surface area contributed by atoms with E-state index in [1.165, 1.54) is 0 Å². The summed E-state index contributed by atoms with van der Waals surface area (Å²) in [6.07, 6.45) is 7.23. The second kappa shape index (κ2) is 6.45. The number of carbonyl (C=O) groups excluding carboxylic acids is 1. The Morgan fingerprint density at radius 1 is 1.39 bits per heavy atom. The van der Waals surface area contributed by atoms with E-state index in [1.54, 1.807) is 29.3 Å². The zero-order valence-corrected chi connectivity index (χ0v) is 13.8. The minimum absolute atomic E-state index is 0.0147. The van der Waals surface area contributed by atoms with Crippen LogP contribution in [-0.4, -0.2) is 56.1 Å². The number of aromatic nitrogens is 4. The van der Waals surface area contributed by atoms with Crippen LogP contribution in [0.4, 0.5) is 0 Å². The van der Waals surface area contributed by atoms with Gasteiger partial charge in [-0.2, -0.15) is 5.10 Å². The van der Waals surface area contributed by atoms with Gasteiger partial charge in [0, 0.05) is 32.5 Å². The van der Waals surface area contributed by atoms with E-state index in [0.29, 0.717) is 5.69 Å². The molecule has 0 N–H and O–H groups in total. The van der Waals surface area contributed by atoms with E-state index < -0.39 is 0 Å². The molecule has 0 aromatic carbocycles. The Bertz CT molecular complexity index is 695. The summed E-state index contributed by atoms with van der Waals surface area (Å²) in [5.74, 6) is -0.0343. The third-order valence-corrected chi connectivity index (χ3v) is 3.97. The average Bonchev–Trinajstić information content (AvgIpc) is 3.15. The van der Waals surface area contributed by atoms with Gasteiger partial charge in [-0.15, -0.1) is 0 Å². The smallest absolute Gasteiger partial charge is 0.274 e. The first kappa shape index (κ1) is 15.6. The van der Waals surface area contributed by atoms with Crippen molar-refractivity contribution in [3.8, 4) is 0 Å². The van der Waals surface area contributed by atoms with Crippen LogP contribution >= 0.6 is 0 Å². The molecule has 1 fully saturated rings. The molecular formula is C16H22N6O. The van der Waals surface area contributed by atoms with Crippen molar-refractivity contribution in [2.75, 3.05) is 20.6 Å². The molecular weight excluding hydrogens is 292 g/mol. The molecule has 0 aliphatic carbocycles. The van der Waals surface area contributed by atoms with E-state index in [1.807, 2.05) is 26.0 Å². The van der Waals surface area contributed by atoms with Crippen LogP contribution in [0.1, 0.15) is 40.8 Å². The van der Waals surface area contributed by atoms with Crippen LogP contribution in [-0.2, 0) is 13.6 Å². The number of likely N-dealkylation sites (tertiary alicyclic amines) is 1. The number of carbonyl (C=O) groups is 1. The van der Waals surface area contributed by atoms with Gasteiger partial charge >= 0.3 is 0 Å². The molecule has 7 heteroatoms. The van der Waals surface area contributed by atoms with Crippen LogP contribution < -0.4 is 0 Å². The van der Waals surface area contributed by atoms with Crippen molar-refractivity contribution in [3.05, 3.63) is 41.7 Å². The molecule has 0 bridgehead atoms. The molecule has 0 radical (unpaired) electrons. The summed E-state index contributed by atoms with van der Waals surface area (Å²) in [6.45, 7) is 1.47. The number of hydrogen-bond acceptors (Lipinski definition) is 5. The zero-order chi connectivity index (χ0) is 16.4. The molecule has 0 spiro atoms. The minimum atomic E-state index is -0.0343. The summed E-state index contributed by atoms with van der Waals surface area (Å²) in [7, 11) is 5.82. The Hall–Kier alpha value is -2.28. The van der Waals surface area contributed by atoms with Gasteiger partial charge in [-0.05, 0) is 33.0 Å². The van der Waals surface area contributed by atoms with Crippen molar-refractivity contribution in [1.29, 1.82) is 0 Å². The topological polar surface area (TPSA) is 67.2 Å². The molecule has 1 unspecified atom stereocenters. The maximum atomic E-state index is 12.7. The van der Waals surface area contributed by atoms with Gasteiger partial charge in [0.2, 0.25) is 0 Å². The van der Waals surface area contributed by atoms with Gasteiger partial charge in [-0.3, -0.25) is 19.4 Å². The van der Waals surface area contributed by atoms with Gasteiger partial charge in [0.15, 0.2) is 0 Å².